The predicted octanol–water partition coefficient (Wildman–Crippen LogP) is 3.40. The molecule has 0 spiro atoms. The second-order valence-corrected chi connectivity index (χ2v) is 6.90. The van der Waals surface area contributed by atoms with Gasteiger partial charge >= 0.3 is 0 Å². The Balaban J connectivity index is 2.34. The highest BCUT2D eigenvalue weighted by molar-refractivity contribution is 9.09. The van der Waals surface area contributed by atoms with Crippen molar-refractivity contribution in [2.24, 2.45) is 0 Å². The van der Waals surface area contributed by atoms with Crippen LogP contribution >= 0.6 is 39.0 Å². The SMILES string of the molecule is C[C@@]1(CBr)CSc2sc3ccccc3[n+]21. The van der Waals surface area contributed by atoms with Crippen LogP contribution in [0.15, 0.2) is 28.6 Å². The van der Waals surface area contributed by atoms with Gasteiger partial charge in [0.25, 0.3) is 4.34 Å². The van der Waals surface area contributed by atoms with Crippen LogP contribution in [0.3, 0.4) is 0 Å². The summed E-state index contributed by atoms with van der Waals surface area (Å²) in [5, 5.41) is 1.02. The van der Waals surface area contributed by atoms with Crippen molar-refractivity contribution in [1.29, 1.82) is 0 Å². The van der Waals surface area contributed by atoms with E-state index in [0.717, 1.165) is 5.33 Å². The molecule has 0 fully saturated rings. The predicted molar refractivity (Wildman–Crippen MR) is 70.2 cm³/mol. The van der Waals surface area contributed by atoms with Gasteiger partial charge in [-0.1, -0.05) is 39.4 Å². The van der Waals surface area contributed by atoms with Gasteiger partial charge in [-0.2, -0.15) is 4.57 Å². The second-order valence-electron chi connectivity index (χ2n) is 4.09. The molecule has 1 aromatic carbocycles. The standard InChI is InChI=1S/C11H11BrNS2/c1-11(6-12)7-14-10-13(11)8-4-2-3-5-9(8)15-10/h2-5H,6-7H2,1H3/q+1/t11-/m1/s1. The van der Waals surface area contributed by atoms with Crippen LogP contribution in [0.1, 0.15) is 6.92 Å². The molecular formula is C11H11BrNS2+. The summed E-state index contributed by atoms with van der Waals surface area (Å²) in [7, 11) is 0. The number of thioether (sulfide) groups is 1. The van der Waals surface area contributed by atoms with Gasteiger partial charge in [0.15, 0.2) is 5.54 Å². The normalized spacial score (nSPS) is 24.7. The van der Waals surface area contributed by atoms with E-state index in [1.165, 1.54) is 20.3 Å². The minimum atomic E-state index is 0.236. The maximum Gasteiger partial charge on any atom is 0.299 e. The average Bonchev–Trinajstić information content (AvgIpc) is 2.78. The number of alkyl halides is 1. The lowest BCUT2D eigenvalue weighted by molar-refractivity contribution is -0.749. The van der Waals surface area contributed by atoms with Crippen LogP contribution in [0, 0.1) is 0 Å². The van der Waals surface area contributed by atoms with Crippen LogP contribution in [-0.2, 0) is 5.54 Å². The third-order valence-corrected chi connectivity index (χ3v) is 6.75. The highest BCUT2D eigenvalue weighted by atomic mass is 79.9. The Labute approximate surface area is 106 Å². The summed E-state index contributed by atoms with van der Waals surface area (Å²) in [4.78, 5) is 0. The Hall–Kier alpha value is -0.0600. The molecule has 1 aliphatic rings. The zero-order valence-corrected chi connectivity index (χ0v) is 11.6. The molecule has 1 aliphatic heterocycles. The molecule has 2 heterocycles. The summed E-state index contributed by atoms with van der Waals surface area (Å²) in [5.41, 5.74) is 1.61. The second kappa shape index (κ2) is 3.47. The number of hydrogen-bond donors (Lipinski definition) is 0. The smallest absolute Gasteiger partial charge is 0.169 e. The number of nitrogens with zero attached hydrogens (tertiary/aromatic N) is 1. The van der Waals surface area contributed by atoms with Crippen LogP contribution in [-0.4, -0.2) is 11.1 Å². The van der Waals surface area contributed by atoms with Crippen molar-refractivity contribution < 1.29 is 4.57 Å². The largest absolute Gasteiger partial charge is 0.299 e. The number of hydrogen-bond acceptors (Lipinski definition) is 2. The number of aromatic nitrogens is 1. The fourth-order valence-electron chi connectivity index (χ4n) is 1.95. The van der Waals surface area contributed by atoms with Gasteiger partial charge in [-0.3, -0.25) is 0 Å². The zero-order valence-electron chi connectivity index (χ0n) is 8.37. The summed E-state index contributed by atoms with van der Waals surface area (Å²) < 4.78 is 5.33. The Kier molecular flexibility index (Phi) is 2.34. The molecule has 1 aromatic heterocycles. The van der Waals surface area contributed by atoms with E-state index in [0.29, 0.717) is 0 Å². The monoisotopic (exact) mass is 300 g/mol. The quantitative estimate of drug-likeness (QED) is 0.577. The summed E-state index contributed by atoms with van der Waals surface area (Å²) in [6, 6.07) is 8.67. The number of halogens is 1. The van der Waals surface area contributed by atoms with E-state index < -0.39 is 0 Å². The number of rotatable bonds is 1. The molecule has 1 atom stereocenters. The molecule has 0 saturated heterocycles. The van der Waals surface area contributed by atoms with Crippen molar-refractivity contribution in [1.82, 2.24) is 0 Å². The van der Waals surface area contributed by atoms with Gasteiger partial charge in [0.2, 0.25) is 5.52 Å². The molecular weight excluding hydrogens is 290 g/mol. The Morgan fingerprint density at radius 1 is 1.47 bits per heavy atom. The first-order valence-corrected chi connectivity index (χ1v) is 7.80. The number of thiazole rings is 1. The van der Waals surface area contributed by atoms with E-state index in [-0.39, 0.29) is 5.54 Å². The Morgan fingerprint density at radius 3 is 3.07 bits per heavy atom. The van der Waals surface area contributed by atoms with E-state index in [4.69, 9.17) is 0 Å². The molecule has 1 nitrogen and oxygen atoms in total. The van der Waals surface area contributed by atoms with Gasteiger partial charge in [0.1, 0.15) is 4.70 Å². The molecule has 0 aliphatic carbocycles. The van der Waals surface area contributed by atoms with Crippen molar-refractivity contribution >= 4 is 49.2 Å². The maximum atomic E-state index is 3.64. The van der Waals surface area contributed by atoms with Crippen molar-refractivity contribution in [3.8, 4) is 0 Å². The summed E-state index contributed by atoms with van der Waals surface area (Å²) in [6.07, 6.45) is 0. The topological polar surface area (TPSA) is 3.88 Å². The molecule has 15 heavy (non-hydrogen) atoms. The molecule has 0 N–H and O–H groups in total. The fraction of sp³-hybridized carbons (Fsp3) is 0.364. The average molecular weight is 301 g/mol. The van der Waals surface area contributed by atoms with Crippen LogP contribution in [0.25, 0.3) is 10.2 Å². The van der Waals surface area contributed by atoms with Gasteiger partial charge in [-0.15, -0.1) is 0 Å². The number of para-hydroxylation sites is 1. The number of benzene rings is 1. The molecule has 0 bridgehead atoms. The van der Waals surface area contributed by atoms with Gasteiger partial charge in [-0.05, 0) is 17.8 Å². The minimum absolute atomic E-state index is 0.236. The van der Waals surface area contributed by atoms with Crippen molar-refractivity contribution in [3.05, 3.63) is 24.3 Å². The van der Waals surface area contributed by atoms with Crippen LogP contribution in [0.5, 0.6) is 0 Å². The molecule has 0 unspecified atom stereocenters. The highest BCUT2D eigenvalue weighted by Crippen LogP contribution is 2.39. The first kappa shape index (κ1) is 10.1. The maximum absolute atomic E-state index is 3.64. The van der Waals surface area contributed by atoms with Gasteiger partial charge < -0.3 is 0 Å². The van der Waals surface area contributed by atoms with Gasteiger partial charge in [0, 0.05) is 13.0 Å². The first-order chi connectivity index (χ1) is 7.24. The van der Waals surface area contributed by atoms with E-state index in [1.54, 1.807) is 0 Å². The van der Waals surface area contributed by atoms with Crippen molar-refractivity contribution in [2.45, 2.75) is 16.8 Å². The lowest BCUT2D eigenvalue weighted by Gasteiger charge is -2.13. The lowest BCUT2D eigenvalue weighted by atomic mass is 10.1. The molecule has 4 heteroatoms. The molecule has 78 valence electrons. The molecule has 0 amide bonds. The van der Waals surface area contributed by atoms with Crippen LogP contribution in [0.4, 0.5) is 0 Å². The van der Waals surface area contributed by atoms with Gasteiger partial charge in [0.05, 0.1) is 11.1 Å². The Morgan fingerprint density at radius 2 is 2.27 bits per heavy atom. The lowest BCUT2D eigenvalue weighted by Crippen LogP contribution is -2.54. The van der Waals surface area contributed by atoms with Crippen LogP contribution in [0.2, 0.25) is 0 Å². The first-order valence-electron chi connectivity index (χ1n) is 4.87. The third-order valence-electron chi connectivity index (χ3n) is 2.82. The van der Waals surface area contributed by atoms with E-state index >= 15 is 0 Å². The fourth-order valence-corrected chi connectivity index (χ4v) is 5.47. The molecule has 0 radical (unpaired) electrons. The summed E-state index contributed by atoms with van der Waals surface area (Å²) >= 11 is 7.53. The molecule has 2 aromatic rings. The van der Waals surface area contributed by atoms with E-state index in [9.17, 15) is 0 Å². The van der Waals surface area contributed by atoms with E-state index in [1.807, 2.05) is 23.1 Å². The molecule has 3 rings (SSSR count). The van der Waals surface area contributed by atoms with Gasteiger partial charge in [-0.25, -0.2) is 0 Å². The highest BCUT2D eigenvalue weighted by Gasteiger charge is 2.45. The van der Waals surface area contributed by atoms with E-state index in [2.05, 4.69) is 51.7 Å². The Bertz CT molecular complexity index is 522. The summed E-state index contributed by atoms with van der Waals surface area (Å²) in [5.74, 6) is 1.18. The zero-order chi connectivity index (χ0) is 10.5. The van der Waals surface area contributed by atoms with Crippen molar-refractivity contribution in [3.63, 3.8) is 0 Å². The van der Waals surface area contributed by atoms with Crippen LogP contribution < -0.4 is 4.57 Å². The number of fused-ring (bicyclic) bond motifs is 3. The minimum Gasteiger partial charge on any atom is -0.169 e. The molecule has 0 saturated carbocycles. The van der Waals surface area contributed by atoms with Crippen molar-refractivity contribution in [2.75, 3.05) is 11.1 Å². The third kappa shape index (κ3) is 1.38. The summed E-state index contributed by atoms with van der Waals surface area (Å²) in [6.45, 7) is 2.32.